The van der Waals surface area contributed by atoms with Gasteiger partial charge in [0.1, 0.15) is 4.83 Å². The van der Waals surface area contributed by atoms with E-state index in [0.717, 1.165) is 41.2 Å². The second-order valence-electron chi connectivity index (χ2n) is 8.61. The van der Waals surface area contributed by atoms with Crippen molar-refractivity contribution in [2.24, 2.45) is 0 Å². The Morgan fingerprint density at radius 2 is 1.90 bits per heavy atom. The van der Waals surface area contributed by atoms with E-state index in [1.165, 1.54) is 15.9 Å². The van der Waals surface area contributed by atoms with Crippen LogP contribution in [0, 0.1) is 13.8 Å². The molecule has 1 atom stereocenters. The first-order valence-electron chi connectivity index (χ1n) is 10.5. The maximum absolute atomic E-state index is 12.9. The third-order valence-electron chi connectivity index (χ3n) is 6.67. The summed E-state index contributed by atoms with van der Waals surface area (Å²) in [6.45, 7) is 9.17. The van der Waals surface area contributed by atoms with Crippen molar-refractivity contribution in [3.63, 3.8) is 0 Å². The minimum absolute atomic E-state index is 0.0913. The number of aryl methyl sites for hydroxylation is 2. The quantitative estimate of drug-likeness (QED) is 0.821. The molecule has 0 spiro atoms. The number of aromatic nitrogens is 2. The van der Waals surface area contributed by atoms with Gasteiger partial charge >= 0.3 is 0 Å². The van der Waals surface area contributed by atoms with Crippen molar-refractivity contribution >= 4 is 27.5 Å². The second-order valence-corrected chi connectivity index (χ2v) is 9.81. The second kappa shape index (κ2) is 7.81. The van der Waals surface area contributed by atoms with E-state index in [-0.39, 0.29) is 24.1 Å². The van der Waals surface area contributed by atoms with Crippen molar-refractivity contribution in [2.45, 2.75) is 64.6 Å². The van der Waals surface area contributed by atoms with E-state index in [9.17, 15) is 14.7 Å². The van der Waals surface area contributed by atoms with Gasteiger partial charge in [-0.25, -0.2) is 4.98 Å². The first-order chi connectivity index (χ1) is 13.8. The number of likely N-dealkylation sites (tertiary alicyclic amines) is 2. The zero-order valence-corrected chi connectivity index (χ0v) is 18.3. The highest BCUT2D eigenvalue weighted by Crippen LogP contribution is 2.28. The number of aliphatic hydroxyl groups is 1. The summed E-state index contributed by atoms with van der Waals surface area (Å²) in [4.78, 5) is 36.2. The summed E-state index contributed by atoms with van der Waals surface area (Å²) < 4.78 is 1.53. The molecule has 2 saturated heterocycles. The average molecular weight is 419 g/mol. The molecule has 1 N–H and O–H groups in total. The lowest BCUT2D eigenvalue weighted by molar-refractivity contribution is -0.140. The Hall–Kier alpha value is -1.77. The molecular weight excluding hydrogens is 388 g/mol. The van der Waals surface area contributed by atoms with Crippen LogP contribution < -0.4 is 5.56 Å². The maximum Gasteiger partial charge on any atom is 0.262 e. The fourth-order valence-electron chi connectivity index (χ4n) is 4.55. The summed E-state index contributed by atoms with van der Waals surface area (Å²) >= 11 is 1.53. The Labute approximate surface area is 175 Å². The number of hydrogen-bond acceptors (Lipinski definition) is 6. The lowest BCUT2D eigenvalue weighted by atomic mass is 9.91. The molecule has 29 heavy (non-hydrogen) atoms. The number of fused-ring (bicyclic) bond motifs is 1. The van der Waals surface area contributed by atoms with E-state index >= 15 is 0 Å². The molecule has 0 aromatic carbocycles. The summed E-state index contributed by atoms with van der Waals surface area (Å²) in [5, 5.41) is 11.8. The Morgan fingerprint density at radius 3 is 2.55 bits per heavy atom. The van der Waals surface area contributed by atoms with Crippen LogP contribution in [0.3, 0.4) is 0 Å². The number of hydrogen-bond donors (Lipinski definition) is 1. The zero-order valence-electron chi connectivity index (χ0n) is 17.5. The topological polar surface area (TPSA) is 78.7 Å². The highest BCUT2D eigenvalue weighted by Gasteiger charge is 2.37. The lowest BCUT2D eigenvalue weighted by Crippen LogP contribution is -2.53. The standard InChI is InChI=1S/C21H30N4O3S/c1-14-16(3)29-18-17(14)20(27)25(13-22-18)12-21(28)6-10-24(11-7-21)19(26)15(2)23-8-4-5-9-23/h13,15,28H,4-12H2,1-3H3. The van der Waals surface area contributed by atoms with Gasteiger partial charge in [0.2, 0.25) is 5.91 Å². The Balaban J connectivity index is 1.44. The summed E-state index contributed by atoms with van der Waals surface area (Å²) in [6.07, 6.45) is 4.81. The molecule has 7 nitrogen and oxygen atoms in total. The van der Waals surface area contributed by atoms with Gasteiger partial charge < -0.3 is 10.0 Å². The third-order valence-corrected chi connectivity index (χ3v) is 7.79. The van der Waals surface area contributed by atoms with Crippen LogP contribution in [-0.4, -0.2) is 68.2 Å². The molecule has 4 rings (SSSR count). The van der Waals surface area contributed by atoms with Crippen LogP contribution in [0.15, 0.2) is 11.1 Å². The Bertz CT molecular complexity index is 968. The first kappa shape index (κ1) is 20.5. The molecule has 2 aromatic rings. The van der Waals surface area contributed by atoms with Gasteiger partial charge in [-0.1, -0.05) is 0 Å². The number of nitrogens with zero attached hydrogens (tertiary/aromatic N) is 4. The van der Waals surface area contributed by atoms with Crippen molar-refractivity contribution in [3.05, 3.63) is 27.1 Å². The van der Waals surface area contributed by atoms with Crippen molar-refractivity contribution in [2.75, 3.05) is 26.2 Å². The van der Waals surface area contributed by atoms with Crippen molar-refractivity contribution < 1.29 is 9.90 Å². The van der Waals surface area contributed by atoms with E-state index < -0.39 is 5.60 Å². The van der Waals surface area contributed by atoms with Crippen LogP contribution in [-0.2, 0) is 11.3 Å². The normalized spacial score (nSPS) is 21.0. The molecular formula is C21H30N4O3S. The highest BCUT2D eigenvalue weighted by atomic mass is 32.1. The molecule has 2 fully saturated rings. The van der Waals surface area contributed by atoms with E-state index in [1.54, 1.807) is 6.33 Å². The predicted octanol–water partition coefficient (Wildman–Crippen LogP) is 1.91. The van der Waals surface area contributed by atoms with Gasteiger partial charge in [-0.15, -0.1) is 11.3 Å². The lowest BCUT2D eigenvalue weighted by Gasteiger charge is -2.40. The van der Waals surface area contributed by atoms with Gasteiger partial charge in [0.05, 0.1) is 29.9 Å². The van der Waals surface area contributed by atoms with Gasteiger partial charge in [0.25, 0.3) is 5.56 Å². The molecule has 8 heteroatoms. The van der Waals surface area contributed by atoms with E-state index in [0.29, 0.717) is 31.3 Å². The zero-order chi connectivity index (χ0) is 20.8. The SMILES string of the molecule is Cc1sc2ncn(CC3(O)CCN(C(=O)C(C)N4CCCC4)CC3)c(=O)c2c1C. The van der Waals surface area contributed by atoms with Gasteiger partial charge in [-0.05, 0) is 65.1 Å². The number of thiophene rings is 1. The molecule has 0 radical (unpaired) electrons. The van der Waals surface area contributed by atoms with Crippen LogP contribution in [0.5, 0.6) is 0 Å². The van der Waals surface area contributed by atoms with Gasteiger partial charge in [-0.3, -0.25) is 19.1 Å². The monoisotopic (exact) mass is 418 g/mol. The maximum atomic E-state index is 12.9. The van der Waals surface area contributed by atoms with Crippen LogP contribution in [0.1, 0.15) is 43.0 Å². The van der Waals surface area contributed by atoms with E-state index in [2.05, 4.69) is 9.88 Å². The number of carbonyl (C=O) groups is 1. The molecule has 1 unspecified atom stereocenters. The number of piperidine rings is 1. The van der Waals surface area contributed by atoms with Crippen molar-refractivity contribution in [1.29, 1.82) is 0 Å². The molecule has 2 aliphatic heterocycles. The highest BCUT2D eigenvalue weighted by molar-refractivity contribution is 7.18. The van der Waals surface area contributed by atoms with Gasteiger partial charge in [0.15, 0.2) is 0 Å². The third kappa shape index (κ3) is 3.85. The van der Waals surface area contributed by atoms with Gasteiger partial charge in [-0.2, -0.15) is 0 Å². The number of rotatable bonds is 4. The Kier molecular flexibility index (Phi) is 5.52. The van der Waals surface area contributed by atoms with E-state index in [1.807, 2.05) is 25.7 Å². The molecule has 2 aliphatic rings. The minimum atomic E-state index is -0.994. The van der Waals surface area contributed by atoms with Crippen molar-refractivity contribution in [3.8, 4) is 0 Å². The number of carbonyl (C=O) groups excluding carboxylic acids is 1. The van der Waals surface area contributed by atoms with Crippen molar-refractivity contribution in [1.82, 2.24) is 19.4 Å². The minimum Gasteiger partial charge on any atom is -0.388 e. The van der Waals surface area contributed by atoms with E-state index in [4.69, 9.17) is 0 Å². The smallest absolute Gasteiger partial charge is 0.262 e. The number of amides is 1. The van der Waals surface area contributed by atoms with Crippen LogP contribution in [0.25, 0.3) is 10.2 Å². The fourth-order valence-corrected chi connectivity index (χ4v) is 5.54. The van der Waals surface area contributed by atoms with Crippen LogP contribution in [0.2, 0.25) is 0 Å². The average Bonchev–Trinajstić information content (AvgIpc) is 3.33. The molecule has 4 heterocycles. The fraction of sp³-hybridized carbons (Fsp3) is 0.667. The van der Waals surface area contributed by atoms with Crippen LogP contribution >= 0.6 is 11.3 Å². The Morgan fingerprint density at radius 1 is 1.24 bits per heavy atom. The van der Waals surface area contributed by atoms with Crippen LogP contribution in [0.4, 0.5) is 0 Å². The summed E-state index contributed by atoms with van der Waals surface area (Å²) in [5.41, 5.74) is -0.113. The molecule has 2 aromatic heterocycles. The summed E-state index contributed by atoms with van der Waals surface area (Å²) in [7, 11) is 0. The first-order valence-corrected chi connectivity index (χ1v) is 11.3. The molecule has 158 valence electrons. The largest absolute Gasteiger partial charge is 0.388 e. The molecule has 0 aliphatic carbocycles. The predicted molar refractivity (Wildman–Crippen MR) is 114 cm³/mol. The summed E-state index contributed by atoms with van der Waals surface area (Å²) in [6, 6.07) is -0.0947. The molecule has 0 bridgehead atoms. The molecule has 0 saturated carbocycles. The summed E-state index contributed by atoms with van der Waals surface area (Å²) in [5.74, 6) is 0.151. The van der Waals surface area contributed by atoms with Gasteiger partial charge in [0, 0.05) is 18.0 Å². The molecule has 1 amide bonds.